The number of aryl methyl sites for hydroxylation is 4. The number of hydrogen-bond donors (Lipinski definition) is 0. The summed E-state index contributed by atoms with van der Waals surface area (Å²) in [5.74, 6) is 0.219. The van der Waals surface area contributed by atoms with E-state index >= 15 is 0 Å². The summed E-state index contributed by atoms with van der Waals surface area (Å²) in [6.07, 6.45) is 23.4. The summed E-state index contributed by atoms with van der Waals surface area (Å²) in [6.45, 7) is 15.5. The predicted molar refractivity (Wildman–Crippen MR) is 217 cm³/mol. The van der Waals surface area contributed by atoms with Gasteiger partial charge >= 0.3 is 0 Å². The average Bonchev–Trinajstić information content (AvgIpc) is 3.44. The van der Waals surface area contributed by atoms with Gasteiger partial charge in [-0.15, -0.1) is 0 Å². The second-order valence-electron chi connectivity index (χ2n) is 14.6. The molecule has 5 rings (SSSR count). The van der Waals surface area contributed by atoms with E-state index in [1.807, 2.05) is 6.08 Å². The van der Waals surface area contributed by atoms with Gasteiger partial charge in [0.05, 0.1) is 0 Å². The van der Waals surface area contributed by atoms with Crippen LogP contribution in [0.5, 0.6) is 0 Å². The fraction of sp³-hybridized carbons (Fsp3) is 0.429. The SMILES string of the molecule is C=CC(=CC)c1ccc2c(c1)C(c1cc(CCCCCC)cc(CCCCCC)c1)c1cc(-c3ccc(CCCCCC)c(C)c3)ccc1-2. The third-order valence-corrected chi connectivity index (χ3v) is 10.9. The Balaban J connectivity index is 1.58. The van der Waals surface area contributed by atoms with Crippen LogP contribution in [0.4, 0.5) is 0 Å². The smallest absolute Gasteiger partial charge is 0.0352 e. The van der Waals surface area contributed by atoms with Crippen LogP contribution in [0.15, 0.2) is 91.5 Å². The number of rotatable bonds is 19. The van der Waals surface area contributed by atoms with E-state index in [-0.39, 0.29) is 5.92 Å². The zero-order valence-corrected chi connectivity index (χ0v) is 31.5. The largest absolute Gasteiger partial charge is 0.0985 e. The molecule has 4 aromatic carbocycles. The van der Waals surface area contributed by atoms with Crippen molar-refractivity contribution >= 4 is 5.57 Å². The van der Waals surface area contributed by atoms with Gasteiger partial charge in [-0.05, 0) is 137 Å². The van der Waals surface area contributed by atoms with Crippen molar-refractivity contribution in [3.63, 3.8) is 0 Å². The first-order valence-corrected chi connectivity index (χ1v) is 19.8. The number of allylic oxidation sites excluding steroid dienone is 3. The van der Waals surface area contributed by atoms with E-state index in [0.29, 0.717) is 0 Å². The Kier molecular flexibility index (Phi) is 13.7. The lowest BCUT2D eigenvalue weighted by Gasteiger charge is -2.19. The maximum absolute atomic E-state index is 4.14. The Hall–Kier alpha value is -3.64. The summed E-state index contributed by atoms with van der Waals surface area (Å²) < 4.78 is 0. The van der Waals surface area contributed by atoms with E-state index in [1.54, 1.807) is 0 Å². The van der Waals surface area contributed by atoms with Crippen molar-refractivity contribution in [2.45, 2.75) is 137 Å². The van der Waals surface area contributed by atoms with Gasteiger partial charge in [0.15, 0.2) is 0 Å². The number of hydrogen-bond acceptors (Lipinski definition) is 0. The quantitative estimate of drug-likeness (QED) is 0.0616. The highest BCUT2D eigenvalue weighted by Crippen LogP contribution is 2.50. The average molecular weight is 651 g/mol. The molecule has 1 aliphatic rings. The van der Waals surface area contributed by atoms with Crippen LogP contribution in [-0.4, -0.2) is 0 Å². The monoisotopic (exact) mass is 650 g/mol. The summed E-state index contributed by atoms with van der Waals surface area (Å²) in [7, 11) is 0. The van der Waals surface area contributed by atoms with Crippen LogP contribution >= 0.6 is 0 Å². The van der Waals surface area contributed by atoms with Crippen molar-refractivity contribution in [1.82, 2.24) is 0 Å². The summed E-state index contributed by atoms with van der Waals surface area (Å²) in [4.78, 5) is 0. The molecule has 0 spiro atoms. The van der Waals surface area contributed by atoms with Gasteiger partial charge in [-0.2, -0.15) is 0 Å². The maximum Gasteiger partial charge on any atom is 0.0352 e. The van der Waals surface area contributed by atoms with Crippen LogP contribution in [0.25, 0.3) is 27.8 Å². The van der Waals surface area contributed by atoms with Crippen molar-refractivity contribution in [3.05, 3.63) is 136 Å². The van der Waals surface area contributed by atoms with Crippen molar-refractivity contribution in [1.29, 1.82) is 0 Å². The van der Waals surface area contributed by atoms with Gasteiger partial charge < -0.3 is 0 Å². The minimum atomic E-state index is 0.219. The molecule has 1 unspecified atom stereocenters. The van der Waals surface area contributed by atoms with Crippen LogP contribution in [0, 0.1) is 6.92 Å². The van der Waals surface area contributed by atoms with Crippen LogP contribution in [0.3, 0.4) is 0 Å². The minimum absolute atomic E-state index is 0.219. The highest BCUT2D eigenvalue weighted by molar-refractivity contribution is 5.86. The Bertz CT molecular complexity index is 1680. The standard InChI is InChI=1S/C49H62/c1-7-12-15-18-21-37-31-38(22-19-16-13-8-2)33-44(32-37)49-47-34-42(39(10-4)11-5)26-28-45(47)46-29-27-43(35-48(46)49)41-25-24-40(36(6)30-41)23-20-17-14-9-3/h10-11,24-35,49H,4,7-9,12-23H2,1-3,5-6H3. The first-order chi connectivity index (χ1) is 24.0. The predicted octanol–water partition coefficient (Wildman–Crippen LogP) is 14.8. The summed E-state index contributed by atoms with van der Waals surface area (Å²) in [6, 6.07) is 29.3. The molecule has 0 radical (unpaired) electrons. The summed E-state index contributed by atoms with van der Waals surface area (Å²) in [5, 5.41) is 0. The lowest BCUT2D eigenvalue weighted by molar-refractivity contribution is 0.660. The molecule has 49 heavy (non-hydrogen) atoms. The van der Waals surface area contributed by atoms with E-state index in [2.05, 4.69) is 120 Å². The van der Waals surface area contributed by atoms with E-state index in [4.69, 9.17) is 0 Å². The fourth-order valence-corrected chi connectivity index (χ4v) is 8.04. The molecular formula is C49H62. The lowest BCUT2D eigenvalue weighted by Crippen LogP contribution is -2.03. The highest BCUT2D eigenvalue weighted by atomic mass is 14.3. The second-order valence-corrected chi connectivity index (χ2v) is 14.6. The molecule has 0 heteroatoms. The first-order valence-electron chi connectivity index (χ1n) is 19.8. The zero-order chi connectivity index (χ0) is 34.6. The molecule has 0 saturated heterocycles. The summed E-state index contributed by atoms with van der Waals surface area (Å²) in [5.41, 5.74) is 18.2. The molecule has 0 heterocycles. The first kappa shape index (κ1) is 36.6. The molecule has 0 N–H and O–H groups in total. The summed E-state index contributed by atoms with van der Waals surface area (Å²) >= 11 is 0. The Morgan fingerprint density at radius 3 is 1.71 bits per heavy atom. The van der Waals surface area contributed by atoms with Gasteiger partial charge in [-0.3, -0.25) is 0 Å². The molecule has 0 amide bonds. The molecule has 1 aliphatic carbocycles. The van der Waals surface area contributed by atoms with Gasteiger partial charge in [0.2, 0.25) is 0 Å². The molecule has 0 bridgehead atoms. The molecule has 1 atom stereocenters. The van der Waals surface area contributed by atoms with Crippen molar-refractivity contribution in [2.75, 3.05) is 0 Å². The van der Waals surface area contributed by atoms with Crippen molar-refractivity contribution in [3.8, 4) is 22.3 Å². The third kappa shape index (κ3) is 9.13. The van der Waals surface area contributed by atoms with Gasteiger partial charge in [0.1, 0.15) is 0 Å². The maximum atomic E-state index is 4.14. The molecule has 0 aromatic heterocycles. The molecular weight excluding hydrogens is 589 g/mol. The van der Waals surface area contributed by atoms with Gasteiger partial charge in [-0.25, -0.2) is 0 Å². The van der Waals surface area contributed by atoms with Crippen LogP contribution in [0.2, 0.25) is 0 Å². The molecule has 0 fully saturated rings. The zero-order valence-electron chi connectivity index (χ0n) is 31.5. The highest BCUT2D eigenvalue weighted by Gasteiger charge is 2.31. The molecule has 4 aromatic rings. The van der Waals surface area contributed by atoms with Crippen LogP contribution < -0.4 is 0 Å². The second kappa shape index (κ2) is 18.4. The number of unbranched alkanes of at least 4 members (excludes halogenated alkanes) is 9. The van der Waals surface area contributed by atoms with Crippen LogP contribution in [0.1, 0.15) is 155 Å². The van der Waals surface area contributed by atoms with Gasteiger partial charge in [0, 0.05) is 5.92 Å². The minimum Gasteiger partial charge on any atom is -0.0985 e. The lowest BCUT2D eigenvalue weighted by atomic mass is 9.84. The Morgan fingerprint density at radius 2 is 1.14 bits per heavy atom. The van der Waals surface area contributed by atoms with E-state index in [0.717, 1.165) is 0 Å². The van der Waals surface area contributed by atoms with Gasteiger partial charge in [0.25, 0.3) is 0 Å². The molecule has 0 aliphatic heterocycles. The Morgan fingerprint density at radius 1 is 0.592 bits per heavy atom. The normalized spacial score (nSPS) is 13.8. The van der Waals surface area contributed by atoms with E-state index in [9.17, 15) is 0 Å². The Labute approximate surface area is 299 Å². The molecule has 0 nitrogen and oxygen atoms in total. The fourth-order valence-electron chi connectivity index (χ4n) is 8.04. The van der Waals surface area contributed by atoms with Crippen molar-refractivity contribution < 1.29 is 0 Å². The van der Waals surface area contributed by atoms with E-state index in [1.165, 1.54) is 169 Å². The topological polar surface area (TPSA) is 0 Å². The number of fused-ring (bicyclic) bond motifs is 3. The van der Waals surface area contributed by atoms with Gasteiger partial charge in [-0.1, -0.05) is 158 Å². The number of benzene rings is 4. The molecule has 258 valence electrons. The van der Waals surface area contributed by atoms with Crippen molar-refractivity contribution in [2.24, 2.45) is 0 Å². The van der Waals surface area contributed by atoms with E-state index < -0.39 is 0 Å². The van der Waals surface area contributed by atoms with Crippen LogP contribution in [-0.2, 0) is 19.3 Å². The molecule has 0 saturated carbocycles. The third-order valence-electron chi connectivity index (χ3n) is 10.9.